The Morgan fingerprint density at radius 1 is 0.906 bits per heavy atom. The van der Waals surface area contributed by atoms with Crippen LogP contribution in [0.1, 0.15) is 51.5 Å². The maximum Gasteiger partial charge on any atom is 0.160 e. The number of methoxy groups -OCH3 is 2. The van der Waals surface area contributed by atoms with Crippen molar-refractivity contribution in [3.8, 4) is 11.5 Å². The van der Waals surface area contributed by atoms with Gasteiger partial charge in [0.05, 0.1) is 47.7 Å². The molecule has 174 valence electrons. The topological polar surface area (TPSA) is 40.2 Å². The van der Waals surface area contributed by atoms with Gasteiger partial charge in [0.15, 0.2) is 11.5 Å². The number of ether oxygens (including phenoxy) is 4. The zero-order valence-electron chi connectivity index (χ0n) is 24.5. The van der Waals surface area contributed by atoms with Crippen LogP contribution in [0.3, 0.4) is 0 Å². The van der Waals surface area contributed by atoms with Crippen molar-refractivity contribution in [2.45, 2.75) is 63.4 Å². The molecule has 4 rings (SSSR count). The van der Waals surface area contributed by atoms with E-state index in [0.717, 1.165) is 44.3 Å². The lowest BCUT2D eigenvalue weighted by molar-refractivity contribution is -0.0352. The molecule has 2 aliphatic rings. The van der Waals surface area contributed by atoms with E-state index in [4.69, 9.17) is 27.2 Å². The molecule has 5 nitrogen and oxygen atoms in total. The molecule has 1 saturated heterocycles. The zero-order chi connectivity index (χ0) is 27.2. The molecule has 1 heterocycles. The molecule has 0 aromatic heterocycles. The molecule has 1 saturated carbocycles. The van der Waals surface area contributed by atoms with Crippen molar-refractivity contribution in [2.24, 2.45) is 0 Å². The summed E-state index contributed by atoms with van der Waals surface area (Å²) < 4.78 is 66.7. The third-order valence-corrected chi connectivity index (χ3v) is 6.59. The molecule has 2 aromatic rings. The predicted molar refractivity (Wildman–Crippen MR) is 126 cm³/mol. The van der Waals surface area contributed by atoms with Gasteiger partial charge >= 0.3 is 0 Å². The third-order valence-electron chi connectivity index (χ3n) is 6.59. The molecule has 0 radical (unpaired) electrons. The molecule has 2 fully saturated rings. The Labute approximate surface area is 201 Å². The number of hydrogen-bond donors (Lipinski definition) is 0. The van der Waals surface area contributed by atoms with E-state index in [9.17, 15) is 0 Å². The number of nitrogens with zero attached hydrogens (tertiary/aromatic N) is 1. The van der Waals surface area contributed by atoms with Crippen LogP contribution in [-0.4, -0.2) is 56.9 Å². The molecule has 3 atom stereocenters. The largest absolute Gasteiger partial charge is 0.493 e. The highest BCUT2D eigenvalue weighted by molar-refractivity contribution is 5.42. The standard InChI is InChI=1S/C27H37NO4/c1-29-26-13-12-21(18-27(26)30-2)15-17-31-25-11-7-6-10-24(25)28-16-14-23(19-28)32-20-22-8-4-3-5-9-22/h3-5,8-9,12-13,18,23-25H,6-7,10-11,14-17,19-20H2,1-2H3/t23-,24?,25?/m1/s1/i1D3,2D3. The molecular weight excluding hydrogens is 402 g/mol. The molecule has 0 bridgehead atoms. The first kappa shape index (κ1) is 16.5. The number of likely N-dealkylation sites (tertiary alicyclic amines) is 1. The SMILES string of the molecule is [2H]C([2H])([2H])Oc1ccc(CCOC2CCCCC2N2CC[C@@H](OCc3ccccc3)C2)cc1OC([2H])([2H])[2H]. The van der Waals surface area contributed by atoms with Gasteiger partial charge in [0.2, 0.25) is 0 Å². The van der Waals surface area contributed by atoms with E-state index in [1.807, 2.05) is 18.2 Å². The summed E-state index contributed by atoms with van der Waals surface area (Å²) in [5.74, 6) is -0.246. The molecule has 1 aliphatic carbocycles. The smallest absolute Gasteiger partial charge is 0.160 e. The Kier molecular flexibility index (Phi) is 6.03. The van der Waals surface area contributed by atoms with Crippen molar-refractivity contribution in [2.75, 3.05) is 33.8 Å². The molecule has 2 unspecified atom stereocenters. The Morgan fingerprint density at radius 2 is 1.75 bits per heavy atom. The van der Waals surface area contributed by atoms with Crippen LogP contribution in [0.25, 0.3) is 0 Å². The van der Waals surface area contributed by atoms with Crippen LogP contribution in [0.15, 0.2) is 48.5 Å². The van der Waals surface area contributed by atoms with Gasteiger partial charge in [0.25, 0.3) is 0 Å². The van der Waals surface area contributed by atoms with Gasteiger partial charge in [-0.15, -0.1) is 0 Å². The molecule has 0 N–H and O–H groups in total. The number of hydrogen-bond acceptors (Lipinski definition) is 5. The summed E-state index contributed by atoms with van der Waals surface area (Å²) in [7, 11) is -5.44. The maximum absolute atomic E-state index is 7.40. The molecular formula is C27H37NO4. The Bertz CT molecular complexity index is 1020. The lowest BCUT2D eigenvalue weighted by Gasteiger charge is -2.37. The normalized spacial score (nSPS) is 27.4. The van der Waals surface area contributed by atoms with Crippen LogP contribution >= 0.6 is 0 Å². The van der Waals surface area contributed by atoms with Crippen LogP contribution in [0.4, 0.5) is 0 Å². The van der Waals surface area contributed by atoms with Gasteiger partial charge in [-0.1, -0.05) is 49.2 Å². The second kappa shape index (κ2) is 11.7. The van der Waals surface area contributed by atoms with Crippen LogP contribution < -0.4 is 9.47 Å². The fourth-order valence-corrected chi connectivity index (χ4v) is 4.87. The van der Waals surface area contributed by atoms with E-state index in [-0.39, 0.29) is 23.7 Å². The summed E-state index contributed by atoms with van der Waals surface area (Å²) in [5, 5.41) is 0. The van der Waals surface area contributed by atoms with Crippen molar-refractivity contribution in [1.82, 2.24) is 4.90 Å². The van der Waals surface area contributed by atoms with E-state index < -0.39 is 14.1 Å². The summed E-state index contributed by atoms with van der Waals surface area (Å²) in [6.45, 7) is 3.02. The van der Waals surface area contributed by atoms with Crippen molar-refractivity contribution in [1.29, 1.82) is 0 Å². The van der Waals surface area contributed by atoms with Crippen molar-refractivity contribution in [3.63, 3.8) is 0 Å². The number of rotatable bonds is 10. The molecule has 32 heavy (non-hydrogen) atoms. The molecule has 1 aliphatic heterocycles. The van der Waals surface area contributed by atoms with Crippen molar-refractivity contribution < 1.29 is 27.2 Å². The first-order valence-electron chi connectivity index (χ1n) is 14.6. The van der Waals surface area contributed by atoms with E-state index >= 15 is 0 Å². The summed E-state index contributed by atoms with van der Waals surface area (Å²) in [4.78, 5) is 2.52. The zero-order valence-corrected chi connectivity index (χ0v) is 18.5. The quantitative estimate of drug-likeness (QED) is 0.522. The minimum atomic E-state index is -2.73. The first-order valence-corrected chi connectivity index (χ1v) is 11.6. The van der Waals surface area contributed by atoms with Gasteiger partial charge in [-0.3, -0.25) is 4.90 Å². The molecule has 5 heteroatoms. The van der Waals surface area contributed by atoms with Crippen LogP contribution in [-0.2, 0) is 22.5 Å². The van der Waals surface area contributed by atoms with E-state index in [0.29, 0.717) is 25.7 Å². The Balaban J connectivity index is 1.30. The summed E-state index contributed by atoms with van der Waals surface area (Å²) in [5.41, 5.74) is 1.97. The van der Waals surface area contributed by atoms with Crippen molar-refractivity contribution in [3.05, 3.63) is 59.7 Å². The predicted octanol–water partition coefficient (Wildman–Crippen LogP) is 4.87. The highest BCUT2D eigenvalue weighted by Crippen LogP contribution is 2.30. The highest BCUT2D eigenvalue weighted by atomic mass is 16.5. The van der Waals surface area contributed by atoms with Gasteiger partial charge in [0.1, 0.15) is 0 Å². The molecule has 0 spiro atoms. The Hall–Kier alpha value is -2.08. The highest BCUT2D eigenvalue weighted by Gasteiger charge is 2.35. The maximum atomic E-state index is 7.40. The average molecular weight is 446 g/mol. The average Bonchev–Trinajstić information content (AvgIpc) is 3.32. The van der Waals surface area contributed by atoms with Gasteiger partial charge in [-0.2, -0.15) is 0 Å². The lowest BCUT2D eigenvalue weighted by Crippen LogP contribution is -2.46. The van der Waals surface area contributed by atoms with Crippen LogP contribution in [0.5, 0.6) is 11.5 Å². The van der Waals surface area contributed by atoms with Gasteiger partial charge in [0, 0.05) is 19.1 Å². The summed E-state index contributed by atoms with van der Waals surface area (Å²) in [6.07, 6.45) is 6.36. The van der Waals surface area contributed by atoms with Crippen LogP contribution in [0, 0.1) is 0 Å². The van der Waals surface area contributed by atoms with E-state index in [2.05, 4.69) is 17.0 Å². The lowest BCUT2D eigenvalue weighted by atomic mass is 9.91. The molecule has 2 aromatic carbocycles. The minimum absolute atomic E-state index is 0.118. The van der Waals surface area contributed by atoms with E-state index in [1.54, 1.807) is 6.07 Å². The fourth-order valence-electron chi connectivity index (χ4n) is 4.87. The second-order valence-electron chi connectivity index (χ2n) is 8.70. The summed E-state index contributed by atoms with van der Waals surface area (Å²) in [6, 6.07) is 15.3. The monoisotopic (exact) mass is 445 g/mol. The first-order chi connectivity index (χ1) is 18.1. The van der Waals surface area contributed by atoms with E-state index in [1.165, 1.54) is 24.1 Å². The summed E-state index contributed by atoms with van der Waals surface area (Å²) >= 11 is 0. The second-order valence-corrected chi connectivity index (χ2v) is 8.70. The van der Waals surface area contributed by atoms with Gasteiger partial charge in [-0.05, 0) is 48.9 Å². The third kappa shape index (κ3) is 6.03. The van der Waals surface area contributed by atoms with Gasteiger partial charge < -0.3 is 18.9 Å². The van der Waals surface area contributed by atoms with Crippen molar-refractivity contribution >= 4 is 0 Å². The van der Waals surface area contributed by atoms with Crippen LogP contribution in [0.2, 0.25) is 0 Å². The molecule has 0 amide bonds. The fraction of sp³-hybridized carbons (Fsp3) is 0.556. The number of benzene rings is 2. The van der Waals surface area contributed by atoms with Gasteiger partial charge in [-0.25, -0.2) is 0 Å². The Morgan fingerprint density at radius 3 is 2.62 bits per heavy atom. The minimum Gasteiger partial charge on any atom is -0.493 e.